The molecule has 7 nitrogen and oxygen atoms in total. The normalized spacial score (nSPS) is 14.6. The maximum atomic E-state index is 11.4. The van der Waals surface area contributed by atoms with Crippen LogP contribution in [0, 0.1) is 6.92 Å². The van der Waals surface area contributed by atoms with Crippen molar-refractivity contribution in [3.63, 3.8) is 0 Å². The molecule has 0 unspecified atom stereocenters. The van der Waals surface area contributed by atoms with Crippen molar-refractivity contribution in [2.75, 3.05) is 31.1 Å². The van der Waals surface area contributed by atoms with E-state index in [2.05, 4.69) is 20.2 Å². The molecule has 1 fully saturated rings. The minimum atomic E-state index is -0.475. The fourth-order valence-electron chi connectivity index (χ4n) is 2.46. The van der Waals surface area contributed by atoms with E-state index in [1.54, 1.807) is 30.5 Å². The zero-order chi connectivity index (χ0) is 16.2. The van der Waals surface area contributed by atoms with Gasteiger partial charge in [-0.25, -0.2) is 4.98 Å². The zero-order valence-corrected chi connectivity index (χ0v) is 13.0. The predicted octanol–water partition coefficient (Wildman–Crippen LogP) is 1.09. The van der Waals surface area contributed by atoms with Gasteiger partial charge in [0, 0.05) is 44.0 Å². The number of nitrogens with zero attached hydrogens (tertiary/aromatic N) is 3. The Morgan fingerprint density at radius 2 is 2.09 bits per heavy atom. The average Bonchev–Trinajstić information content (AvgIpc) is 2.57. The van der Waals surface area contributed by atoms with Crippen LogP contribution in [0.2, 0.25) is 0 Å². The van der Waals surface area contributed by atoms with Crippen molar-refractivity contribution in [3.05, 3.63) is 41.6 Å². The molecule has 0 bridgehead atoms. The first-order valence-corrected chi connectivity index (χ1v) is 7.50. The van der Waals surface area contributed by atoms with Crippen molar-refractivity contribution in [1.82, 2.24) is 15.3 Å². The number of anilines is 1. The first-order chi connectivity index (χ1) is 11.1. The van der Waals surface area contributed by atoms with Crippen molar-refractivity contribution in [2.24, 2.45) is 5.73 Å². The Balaban J connectivity index is 1.80. The van der Waals surface area contributed by atoms with Gasteiger partial charge in [0.25, 0.3) is 0 Å². The smallest absolute Gasteiger partial charge is 0.249 e. The maximum absolute atomic E-state index is 11.4. The Morgan fingerprint density at radius 3 is 2.83 bits per heavy atom. The third kappa shape index (κ3) is 3.57. The van der Waals surface area contributed by atoms with Gasteiger partial charge in [-0.3, -0.25) is 4.79 Å². The van der Waals surface area contributed by atoms with Crippen LogP contribution in [0.4, 0.5) is 5.95 Å². The Hall–Kier alpha value is -2.67. The van der Waals surface area contributed by atoms with Crippen LogP contribution in [0.15, 0.2) is 30.5 Å². The van der Waals surface area contributed by atoms with E-state index in [9.17, 15) is 4.79 Å². The molecule has 7 heteroatoms. The lowest BCUT2D eigenvalue weighted by Crippen LogP contribution is -2.44. The van der Waals surface area contributed by atoms with Gasteiger partial charge in [-0.15, -0.1) is 0 Å². The van der Waals surface area contributed by atoms with Crippen LogP contribution in [0.3, 0.4) is 0 Å². The minimum Gasteiger partial charge on any atom is -0.439 e. The number of piperazine rings is 1. The molecular weight excluding hydrogens is 294 g/mol. The van der Waals surface area contributed by atoms with Gasteiger partial charge in [-0.2, -0.15) is 4.98 Å². The molecule has 1 aromatic heterocycles. The van der Waals surface area contributed by atoms with E-state index < -0.39 is 5.91 Å². The summed E-state index contributed by atoms with van der Waals surface area (Å²) in [6.45, 7) is 5.37. The van der Waals surface area contributed by atoms with Crippen LogP contribution in [0.25, 0.3) is 0 Å². The van der Waals surface area contributed by atoms with E-state index in [0.29, 0.717) is 23.1 Å². The molecule has 1 amide bonds. The quantitative estimate of drug-likeness (QED) is 0.877. The SMILES string of the molecule is Cc1ccc(Oc2ccnc(N3CCNCC3)n2)cc1C(N)=O. The number of carbonyl (C=O) groups is 1. The van der Waals surface area contributed by atoms with Crippen LogP contribution in [-0.4, -0.2) is 42.1 Å². The number of ether oxygens (including phenoxy) is 1. The Labute approximate surface area is 134 Å². The predicted molar refractivity (Wildman–Crippen MR) is 86.9 cm³/mol. The van der Waals surface area contributed by atoms with Crippen molar-refractivity contribution >= 4 is 11.9 Å². The third-order valence-electron chi connectivity index (χ3n) is 3.71. The summed E-state index contributed by atoms with van der Waals surface area (Å²) in [4.78, 5) is 22.3. The highest BCUT2D eigenvalue weighted by molar-refractivity contribution is 5.94. The summed E-state index contributed by atoms with van der Waals surface area (Å²) in [5.74, 6) is 1.13. The minimum absolute atomic E-state index is 0.438. The van der Waals surface area contributed by atoms with E-state index in [1.807, 2.05) is 6.92 Å². The molecule has 3 N–H and O–H groups in total. The summed E-state index contributed by atoms with van der Waals surface area (Å²) in [5.41, 5.74) is 6.62. The second-order valence-corrected chi connectivity index (χ2v) is 5.37. The lowest BCUT2D eigenvalue weighted by Gasteiger charge is -2.27. The number of hydrogen-bond donors (Lipinski definition) is 2. The molecule has 0 atom stereocenters. The summed E-state index contributed by atoms with van der Waals surface area (Å²) in [5, 5.41) is 3.29. The molecule has 120 valence electrons. The van der Waals surface area contributed by atoms with Gasteiger partial charge in [0.05, 0.1) is 0 Å². The summed E-state index contributed by atoms with van der Waals surface area (Å²) in [7, 11) is 0. The van der Waals surface area contributed by atoms with Crippen LogP contribution in [-0.2, 0) is 0 Å². The summed E-state index contributed by atoms with van der Waals surface area (Å²) >= 11 is 0. The maximum Gasteiger partial charge on any atom is 0.249 e. The largest absolute Gasteiger partial charge is 0.439 e. The number of nitrogens with one attached hydrogen (secondary N) is 1. The summed E-state index contributed by atoms with van der Waals surface area (Å²) < 4.78 is 5.75. The standard InChI is InChI=1S/C16H19N5O2/c1-11-2-3-12(10-13(11)15(17)22)23-14-4-5-19-16(20-14)21-8-6-18-7-9-21/h2-5,10,18H,6-9H2,1H3,(H2,17,22). The Morgan fingerprint density at radius 1 is 1.30 bits per heavy atom. The van der Waals surface area contributed by atoms with Gasteiger partial charge in [-0.05, 0) is 24.6 Å². The second-order valence-electron chi connectivity index (χ2n) is 5.37. The van der Waals surface area contributed by atoms with Gasteiger partial charge in [-0.1, -0.05) is 6.07 Å². The van der Waals surface area contributed by atoms with E-state index in [4.69, 9.17) is 10.5 Å². The number of hydrogen-bond acceptors (Lipinski definition) is 6. The molecule has 1 saturated heterocycles. The fourth-order valence-corrected chi connectivity index (χ4v) is 2.46. The first-order valence-electron chi connectivity index (χ1n) is 7.50. The van der Waals surface area contributed by atoms with E-state index in [0.717, 1.165) is 31.7 Å². The number of primary amides is 1. The van der Waals surface area contributed by atoms with Crippen molar-refractivity contribution in [1.29, 1.82) is 0 Å². The molecule has 0 radical (unpaired) electrons. The molecule has 2 aromatic rings. The Kier molecular flexibility index (Phi) is 4.38. The van der Waals surface area contributed by atoms with E-state index >= 15 is 0 Å². The van der Waals surface area contributed by atoms with Crippen LogP contribution >= 0.6 is 0 Å². The van der Waals surface area contributed by atoms with E-state index in [-0.39, 0.29) is 0 Å². The molecule has 23 heavy (non-hydrogen) atoms. The van der Waals surface area contributed by atoms with Gasteiger partial charge in [0.2, 0.25) is 17.7 Å². The molecule has 0 saturated carbocycles. The molecule has 1 aromatic carbocycles. The fraction of sp³-hybridized carbons (Fsp3) is 0.312. The van der Waals surface area contributed by atoms with Crippen LogP contribution in [0.1, 0.15) is 15.9 Å². The second kappa shape index (κ2) is 6.62. The number of carbonyl (C=O) groups excluding carboxylic acids is 1. The van der Waals surface area contributed by atoms with Crippen LogP contribution in [0.5, 0.6) is 11.6 Å². The van der Waals surface area contributed by atoms with Crippen molar-refractivity contribution < 1.29 is 9.53 Å². The van der Waals surface area contributed by atoms with Crippen molar-refractivity contribution in [2.45, 2.75) is 6.92 Å². The molecule has 0 aliphatic carbocycles. The van der Waals surface area contributed by atoms with Gasteiger partial charge >= 0.3 is 0 Å². The van der Waals surface area contributed by atoms with Gasteiger partial charge in [0.15, 0.2) is 0 Å². The van der Waals surface area contributed by atoms with Crippen molar-refractivity contribution in [3.8, 4) is 11.6 Å². The average molecular weight is 313 g/mol. The lowest BCUT2D eigenvalue weighted by atomic mass is 10.1. The lowest BCUT2D eigenvalue weighted by molar-refractivity contribution is 0.0999. The van der Waals surface area contributed by atoms with Gasteiger partial charge in [0.1, 0.15) is 5.75 Å². The highest BCUT2D eigenvalue weighted by Gasteiger charge is 2.14. The van der Waals surface area contributed by atoms with E-state index in [1.165, 1.54) is 0 Å². The number of benzene rings is 1. The monoisotopic (exact) mass is 313 g/mol. The summed E-state index contributed by atoms with van der Waals surface area (Å²) in [6, 6.07) is 6.90. The molecule has 3 rings (SSSR count). The molecule has 2 heterocycles. The molecular formula is C16H19N5O2. The van der Waals surface area contributed by atoms with Gasteiger partial charge < -0.3 is 20.7 Å². The number of nitrogens with two attached hydrogens (primary N) is 1. The topological polar surface area (TPSA) is 93.4 Å². The molecule has 1 aliphatic heterocycles. The number of aromatic nitrogens is 2. The number of rotatable bonds is 4. The molecule has 0 spiro atoms. The number of amides is 1. The summed E-state index contributed by atoms with van der Waals surface area (Å²) in [6.07, 6.45) is 1.67. The highest BCUT2D eigenvalue weighted by atomic mass is 16.5. The molecule has 1 aliphatic rings. The Bertz CT molecular complexity index is 713. The highest BCUT2D eigenvalue weighted by Crippen LogP contribution is 2.23. The zero-order valence-electron chi connectivity index (χ0n) is 13.0. The first kappa shape index (κ1) is 15.2. The number of aryl methyl sites for hydroxylation is 1. The van der Waals surface area contributed by atoms with Crippen LogP contribution < -0.4 is 20.7 Å². The third-order valence-corrected chi connectivity index (χ3v) is 3.71.